The first kappa shape index (κ1) is 27.4. The van der Waals surface area contributed by atoms with E-state index in [1.807, 2.05) is 44.2 Å². The summed E-state index contributed by atoms with van der Waals surface area (Å²) in [4.78, 5) is 39.0. The van der Waals surface area contributed by atoms with E-state index in [-0.39, 0.29) is 18.4 Å². The van der Waals surface area contributed by atoms with Crippen molar-refractivity contribution >= 4 is 17.8 Å². The summed E-state index contributed by atoms with van der Waals surface area (Å²) in [5, 5.41) is 2.86. The van der Waals surface area contributed by atoms with Gasteiger partial charge in [0.25, 0.3) is 0 Å². The molecule has 1 amide bonds. The number of esters is 2. The lowest BCUT2D eigenvalue weighted by molar-refractivity contribution is -0.164. The highest BCUT2D eigenvalue weighted by molar-refractivity contribution is 5.89. The largest absolute Gasteiger partial charge is 0.464 e. The molecule has 0 aromatic heterocycles. The minimum absolute atomic E-state index is 0.163. The van der Waals surface area contributed by atoms with E-state index in [1.165, 1.54) is 0 Å². The van der Waals surface area contributed by atoms with Crippen LogP contribution >= 0.6 is 0 Å². The number of allylic oxidation sites excluding steroid dienone is 1. The molecule has 0 fully saturated rings. The van der Waals surface area contributed by atoms with E-state index in [0.29, 0.717) is 19.3 Å². The van der Waals surface area contributed by atoms with Crippen LogP contribution in [0.1, 0.15) is 59.9 Å². The van der Waals surface area contributed by atoms with E-state index in [4.69, 9.17) is 9.47 Å². The van der Waals surface area contributed by atoms with Crippen molar-refractivity contribution in [2.45, 2.75) is 72.4 Å². The monoisotopic (exact) mass is 445 g/mol. The van der Waals surface area contributed by atoms with Gasteiger partial charge >= 0.3 is 11.9 Å². The van der Waals surface area contributed by atoms with Crippen molar-refractivity contribution < 1.29 is 23.9 Å². The molecular weight excluding hydrogens is 406 g/mol. The molecule has 1 N–H and O–H groups in total. The summed E-state index contributed by atoms with van der Waals surface area (Å²) in [5.41, 5.74) is 0.233. The molecule has 0 radical (unpaired) electrons. The Morgan fingerprint density at radius 3 is 2.19 bits per heavy atom. The summed E-state index contributed by atoms with van der Waals surface area (Å²) in [7, 11) is 0. The Balaban J connectivity index is 3.17. The Hall–Kier alpha value is -2.63. The molecule has 0 aliphatic heterocycles. The maximum absolute atomic E-state index is 13.4. The molecule has 0 heterocycles. The number of hydrogen-bond acceptors (Lipinski definition) is 5. The van der Waals surface area contributed by atoms with Gasteiger partial charge in [-0.2, -0.15) is 0 Å². The normalized spacial score (nSPS) is 14.2. The van der Waals surface area contributed by atoms with Gasteiger partial charge < -0.3 is 14.8 Å². The molecule has 32 heavy (non-hydrogen) atoms. The van der Waals surface area contributed by atoms with E-state index >= 15 is 0 Å². The Morgan fingerprint density at radius 1 is 1.06 bits per heavy atom. The third kappa shape index (κ3) is 9.67. The molecule has 0 saturated heterocycles. The molecule has 0 bridgehead atoms. The first-order chi connectivity index (χ1) is 15.0. The van der Waals surface area contributed by atoms with E-state index in [1.54, 1.807) is 33.8 Å². The summed E-state index contributed by atoms with van der Waals surface area (Å²) >= 11 is 0. The van der Waals surface area contributed by atoms with Crippen LogP contribution in [-0.2, 0) is 30.3 Å². The van der Waals surface area contributed by atoms with Crippen LogP contribution in [0.2, 0.25) is 0 Å². The second kappa shape index (κ2) is 13.0. The Labute approximate surface area is 192 Å². The zero-order valence-corrected chi connectivity index (χ0v) is 20.4. The van der Waals surface area contributed by atoms with Crippen molar-refractivity contribution in [2.75, 3.05) is 6.61 Å². The van der Waals surface area contributed by atoms with Crippen molar-refractivity contribution in [3.05, 3.63) is 48.6 Å². The third-order valence-electron chi connectivity index (χ3n) is 4.85. The fourth-order valence-corrected chi connectivity index (χ4v) is 3.51. The van der Waals surface area contributed by atoms with Gasteiger partial charge in [-0.25, -0.2) is 4.79 Å². The Kier molecular flexibility index (Phi) is 11.2. The zero-order valence-electron chi connectivity index (χ0n) is 20.4. The Bertz CT molecular complexity index is 751. The summed E-state index contributed by atoms with van der Waals surface area (Å²) in [6.45, 7) is 15.1. The quantitative estimate of drug-likeness (QED) is 0.379. The van der Waals surface area contributed by atoms with Crippen LogP contribution < -0.4 is 5.32 Å². The van der Waals surface area contributed by atoms with E-state index in [2.05, 4.69) is 11.9 Å². The molecule has 1 aromatic rings. The van der Waals surface area contributed by atoms with Gasteiger partial charge in [0.15, 0.2) is 0 Å². The lowest BCUT2D eigenvalue weighted by Gasteiger charge is -2.30. The fraction of sp³-hybridized carbons (Fsp3) is 0.577. The predicted molar refractivity (Wildman–Crippen MR) is 126 cm³/mol. The molecular formula is C26H39NO5. The smallest absolute Gasteiger partial charge is 0.328 e. The first-order valence-electron chi connectivity index (χ1n) is 11.3. The van der Waals surface area contributed by atoms with Crippen LogP contribution in [0.25, 0.3) is 0 Å². The average Bonchev–Trinajstić information content (AvgIpc) is 2.69. The van der Waals surface area contributed by atoms with Crippen LogP contribution in [0, 0.1) is 17.8 Å². The molecule has 0 spiro atoms. The summed E-state index contributed by atoms with van der Waals surface area (Å²) in [5.74, 6) is -2.47. The topological polar surface area (TPSA) is 81.7 Å². The molecule has 3 atom stereocenters. The maximum atomic E-state index is 13.4. The summed E-state index contributed by atoms with van der Waals surface area (Å²) in [6, 6.07) is 8.59. The summed E-state index contributed by atoms with van der Waals surface area (Å²) in [6.07, 6.45) is 2.72. The number of carbonyl (C=O) groups excluding carboxylic acids is 3. The van der Waals surface area contributed by atoms with Gasteiger partial charge in [-0.05, 0) is 52.0 Å². The Morgan fingerprint density at radius 2 is 1.69 bits per heavy atom. The van der Waals surface area contributed by atoms with Crippen molar-refractivity contribution in [1.82, 2.24) is 5.32 Å². The summed E-state index contributed by atoms with van der Waals surface area (Å²) < 4.78 is 10.8. The number of rotatable bonds is 12. The van der Waals surface area contributed by atoms with Gasteiger partial charge in [-0.1, -0.05) is 50.3 Å². The third-order valence-corrected chi connectivity index (χ3v) is 4.85. The van der Waals surface area contributed by atoms with Crippen molar-refractivity contribution in [1.29, 1.82) is 0 Å². The van der Waals surface area contributed by atoms with Gasteiger partial charge in [0.05, 0.1) is 18.4 Å². The maximum Gasteiger partial charge on any atom is 0.328 e. The zero-order chi connectivity index (χ0) is 24.3. The van der Waals surface area contributed by atoms with Gasteiger partial charge in [0.1, 0.15) is 11.6 Å². The molecule has 6 heteroatoms. The minimum atomic E-state index is -0.845. The predicted octanol–water partition coefficient (Wildman–Crippen LogP) is 4.47. The molecule has 0 unspecified atom stereocenters. The van der Waals surface area contributed by atoms with Crippen LogP contribution in [0.5, 0.6) is 0 Å². The highest BCUT2D eigenvalue weighted by atomic mass is 16.6. The van der Waals surface area contributed by atoms with Gasteiger partial charge in [-0.15, -0.1) is 6.58 Å². The second-order valence-corrected chi connectivity index (χ2v) is 9.40. The van der Waals surface area contributed by atoms with E-state index in [0.717, 1.165) is 5.56 Å². The van der Waals surface area contributed by atoms with E-state index < -0.39 is 35.4 Å². The highest BCUT2D eigenvalue weighted by Gasteiger charge is 2.37. The molecule has 1 aromatic carbocycles. The average molecular weight is 446 g/mol. The molecule has 178 valence electrons. The van der Waals surface area contributed by atoms with Crippen molar-refractivity contribution in [3.8, 4) is 0 Å². The first-order valence-corrected chi connectivity index (χ1v) is 11.3. The molecule has 1 rings (SSSR count). The lowest BCUT2D eigenvalue weighted by atomic mass is 9.82. The number of carbonyl (C=O) groups is 3. The minimum Gasteiger partial charge on any atom is -0.464 e. The van der Waals surface area contributed by atoms with Crippen LogP contribution in [0.4, 0.5) is 0 Å². The van der Waals surface area contributed by atoms with Crippen LogP contribution in [0.3, 0.4) is 0 Å². The lowest BCUT2D eigenvalue weighted by Crippen LogP contribution is -2.48. The van der Waals surface area contributed by atoms with Gasteiger partial charge in [0, 0.05) is 6.42 Å². The molecule has 0 aliphatic carbocycles. The molecule has 0 saturated carbocycles. The highest BCUT2D eigenvalue weighted by Crippen LogP contribution is 2.28. The SMILES string of the molecule is C=CC[C@H](C(=O)OC(C)(C)C)[C@@H](CC(C)C)C(=O)N[C@@H](Cc1ccccc1)C(=O)OCC. The molecule has 6 nitrogen and oxygen atoms in total. The fourth-order valence-electron chi connectivity index (χ4n) is 3.51. The number of benzene rings is 1. The molecule has 0 aliphatic rings. The standard InChI is InChI=1S/C26H39NO5/c1-8-13-20(24(29)32-26(5,6)7)21(16-18(3)4)23(28)27-22(25(30)31-9-2)17-19-14-11-10-12-15-19/h8,10-12,14-15,18,20-22H,1,9,13,16-17H2,2-7H3,(H,27,28)/t20-,21+,22-/m0/s1. The van der Waals surface area contributed by atoms with Gasteiger partial charge in [-0.3, -0.25) is 9.59 Å². The van der Waals surface area contributed by atoms with Crippen LogP contribution in [-0.4, -0.2) is 36.1 Å². The number of nitrogens with one attached hydrogen (secondary N) is 1. The number of hydrogen-bond donors (Lipinski definition) is 1. The number of ether oxygens (including phenoxy) is 2. The second-order valence-electron chi connectivity index (χ2n) is 9.40. The van der Waals surface area contributed by atoms with Crippen molar-refractivity contribution in [2.24, 2.45) is 17.8 Å². The van der Waals surface area contributed by atoms with Crippen LogP contribution in [0.15, 0.2) is 43.0 Å². The van der Waals surface area contributed by atoms with Crippen molar-refractivity contribution in [3.63, 3.8) is 0 Å². The van der Waals surface area contributed by atoms with E-state index in [9.17, 15) is 14.4 Å². The van der Waals surface area contributed by atoms with Gasteiger partial charge in [0.2, 0.25) is 5.91 Å². The number of amides is 1.